The highest BCUT2D eigenvalue weighted by Gasteiger charge is 2.50. The number of halogens is 1. The quantitative estimate of drug-likeness (QED) is 0.797. The van der Waals surface area contributed by atoms with Gasteiger partial charge in [0.05, 0.1) is 12.2 Å². The van der Waals surface area contributed by atoms with Crippen LogP contribution >= 0.6 is 0 Å². The van der Waals surface area contributed by atoms with E-state index in [9.17, 15) is 9.18 Å². The summed E-state index contributed by atoms with van der Waals surface area (Å²) in [5, 5.41) is 8.55. The van der Waals surface area contributed by atoms with Gasteiger partial charge in [0.2, 0.25) is 5.91 Å². The van der Waals surface area contributed by atoms with Crippen LogP contribution in [0.1, 0.15) is 42.0 Å². The van der Waals surface area contributed by atoms with Crippen molar-refractivity contribution in [2.24, 2.45) is 17.8 Å². The van der Waals surface area contributed by atoms with Crippen molar-refractivity contribution in [2.75, 3.05) is 24.5 Å². The van der Waals surface area contributed by atoms with Crippen LogP contribution in [0.15, 0.2) is 30.5 Å². The lowest BCUT2D eigenvalue weighted by molar-refractivity contribution is -0.139. The molecule has 1 aromatic carbocycles. The predicted molar refractivity (Wildman–Crippen MR) is 109 cm³/mol. The van der Waals surface area contributed by atoms with Crippen molar-refractivity contribution < 1.29 is 9.18 Å². The lowest BCUT2D eigenvalue weighted by Gasteiger charge is -2.35. The lowest BCUT2D eigenvalue weighted by Crippen LogP contribution is -2.41. The summed E-state index contributed by atoms with van der Waals surface area (Å²) in [7, 11) is 0. The van der Waals surface area contributed by atoms with E-state index in [0.717, 1.165) is 61.4 Å². The normalized spacial score (nSPS) is 26.5. The standard InChI is InChI=1S/C23H27FN4O/c1-14-10-25-26-22(15(14)2)27-11-18-12-28(23(29)16-5-3-6-16)21(20(18)13-27)17-7-4-8-19(24)9-17/h4,7-10,16,18,20-21H,3,5-6,11-13H2,1-2H3/t18-,20-,21-/m0/s1. The van der Waals surface area contributed by atoms with Gasteiger partial charge >= 0.3 is 0 Å². The first-order valence-corrected chi connectivity index (χ1v) is 10.6. The molecule has 2 saturated heterocycles. The molecule has 1 aliphatic carbocycles. The molecular formula is C23H27FN4O. The Hall–Kier alpha value is -2.50. The number of carbonyl (C=O) groups excluding carboxylic acids is 1. The first-order chi connectivity index (χ1) is 14.0. The molecule has 1 amide bonds. The van der Waals surface area contributed by atoms with Crippen molar-refractivity contribution in [1.82, 2.24) is 15.1 Å². The minimum absolute atomic E-state index is 0.0631. The van der Waals surface area contributed by atoms with Crippen LogP contribution in [0.2, 0.25) is 0 Å². The summed E-state index contributed by atoms with van der Waals surface area (Å²) >= 11 is 0. The third kappa shape index (κ3) is 3.09. The van der Waals surface area contributed by atoms with E-state index < -0.39 is 0 Å². The molecule has 6 heteroatoms. The molecule has 3 fully saturated rings. The Bertz CT molecular complexity index is 944. The zero-order chi connectivity index (χ0) is 20.1. The number of aromatic nitrogens is 2. The summed E-state index contributed by atoms with van der Waals surface area (Å²) in [5.74, 6) is 1.77. The van der Waals surface area contributed by atoms with E-state index in [0.29, 0.717) is 5.92 Å². The summed E-state index contributed by atoms with van der Waals surface area (Å²) in [6.45, 7) is 6.57. The largest absolute Gasteiger partial charge is 0.354 e. The Morgan fingerprint density at radius 2 is 2.00 bits per heavy atom. The molecular weight excluding hydrogens is 367 g/mol. The van der Waals surface area contributed by atoms with E-state index in [4.69, 9.17) is 0 Å². The molecule has 0 bridgehead atoms. The smallest absolute Gasteiger partial charge is 0.226 e. The minimum Gasteiger partial charge on any atom is -0.354 e. The number of rotatable bonds is 3. The average Bonchev–Trinajstić information content (AvgIpc) is 3.20. The molecule has 5 nitrogen and oxygen atoms in total. The van der Waals surface area contributed by atoms with Gasteiger partial charge in [-0.15, -0.1) is 5.10 Å². The van der Waals surface area contributed by atoms with Gasteiger partial charge in [0.15, 0.2) is 5.82 Å². The SMILES string of the molecule is Cc1cnnc(N2C[C@H]3CN(C(=O)C4CCC4)[C@@H](c4cccc(F)c4)[C@H]3C2)c1C. The van der Waals surface area contributed by atoms with Crippen LogP contribution in [0.4, 0.5) is 10.2 Å². The number of amides is 1. The molecule has 0 unspecified atom stereocenters. The summed E-state index contributed by atoms with van der Waals surface area (Å²) in [5.41, 5.74) is 3.21. The molecule has 2 aromatic rings. The molecule has 29 heavy (non-hydrogen) atoms. The van der Waals surface area contributed by atoms with Gasteiger partial charge in [0, 0.05) is 37.4 Å². The topological polar surface area (TPSA) is 49.3 Å². The average molecular weight is 394 g/mol. The van der Waals surface area contributed by atoms with Gasteiger partial charge in [-0.3, -0.25) is 4.79 Å². The number of aryl methyl sites for hydroxylation is 1. The van der Waals surface area contributed by atoms with Crippen molar-refractivity contribution in [3.63, 3.8) is 0 Å². The Labute approximate surface area is 170 Å². The number of benzene rings is 1. The molecule has 3 aliphatic rings. The second-order valence-corrected chi connectivity index (χ2v) is 8.92. The Morgan fingerprint density at radius 3 is 2.72 bits per heavy atom. The van der Waals surface area contributed by atoms with Crippen molar-refractivity contribution in [2.45, 2.75) is 39.2 Å². The summed E-state index contributed by atoms with van der Waals surface area (Å²) in [4.78, 5) is 17.5. The van der Waals surface area contributed by atoms with Crippen molar-refractivity contribution >= 4 is 11.7 Å². The molecule has 3 heterocycles. The molecule has 3 atom stereocenters. The van der Waals surface area contributed by atoms with E-state index in [2.05, 4.69) is 33.8 Å². The number of hydrogen-bond donors (Lipinski definition) is 0. The second-order valence-electron chi connectivity index (χ2n) is 8.92. The van der Waals surface area contributed by atoms with Gasteiger partial charge < -0.3 is 9.80 Å². The highest BCUT2D eigenvalue weighted by Crippen LogP contribution is 2.47. The van der Waals surface area contributed by atoms with E-state index in [1.165, 1.54) is 6.07 Å². The molecule has 1 aromatic heterocycles. The molecule has 0 radical (unpaired) electrons. The Balaban J connectivity index is 1.46. The Kier molecular flexibility index (Phi) is 4.52. The van der Waals surface area contributed by atoms with E-state index in [1.807, 2.05) is 6.07 Å². The van der Waals surface area contributed by atoms with Gasteiger partial charge in [-0.25, -0.2) is 4.39 Å². The predicted octanol–water partition coefficient (Wildman–Crippen LogP) is 3.67. The highest BCUT2D eigenvalue weighted by atomic mass is 19.1. The van der Waals surface area contributed by atoms with Crippen LogP contribution in [0.25, 0.3) is 0 Å². The minimum atomic E-state index is -0.239. The number of fused-ring (bicyclic) bond motifs is 1. The van der Waals surface area contributed by atoms with Crippen LogP contribution in [0.5, 0.6) is 0 Å². The van der Waals surface area contributed by atoms with Crippen molar-refractivity contribution in [3.8, 4) is 0 Å². The molecule has 0 N–H and O–H groups in total. The van der Waals surface area contributed by atoms with Crippen LogP contribution in [-0.4, -0.2) is 40.6 Å². The zero-order valence-electron chi connectivity index (χ0n) is 17.0. The van der Waals surface area contributed by atoms with Gasteiger partial charge in [-0.2, -0.15) is 5.10 Å². The lowest BCUT2D eigenvalue weighted by atomic mass is 9.83. The van der Waals surface area contributed by atoms with Crippen LogP contribution in [0.3, 0.4) is 0 Å². The highest BCUT2D eigenvalue weighted by molar-refractivity contribution is 5.80. The maximum absolute atomic E-state index is 14.0. The molecule has 152 valence electrons. The fourth-order valence-corrected chi connectivity index (χ4v) is 5.27. The fraction of sp³-hybridized carbons (Fsp3) is 0.522. The molecule has 2 aliphatic heterocycles. The number of anilines is 1. The molecule has 1 saturated carbocycles. The summed E-state index contributed by atoms with van der Waals surface area (Å²) in [6.07, 6.45) is 4.92. The van der Waals surface area contributed by atoms with E-state index in [-0.39, 0.29) is 29.6 Å². The number of carbonyl (C=O) groups is 1. The third-order valence-corrected chi connectivity index (χ3v) is 7.22. The summed E-state index contributed by atoms with van der Waals surface area (Å²) < 4.78 is 14.0. The van der Waals surface area contributed by atoms with Gasteiger partial charge in [-0.1, -0.05) is 18.6 Å². The maximum atomic E-state index is 14.0. The van der Waals surface area contributed by atoms with Crippen LogP contribution < -0.4 is 4.90 Å². The monoisotopic (exact) mass is 394 g/mol. The number of nitrogens with zero attached hydrogens (tertiary/aromatic N) is 4. The second kappa shape index (κ2) is 7.08. The number of likely N-dealkylation sites (tertiary alicyclic amines) is 1. The van der Waals surface area contributed by atoms with Crippen LogP contribution in [-0.2, 0) is 4.79 Å². The Morgan fingerprint density at radius 1 is 1.17 bits per heavy atom. The molecule has 5 rings (SSSR count). The first-order valence-electron chi connectivity index (χ1n) is 10.6. The van der Waals surface area contributed by atoms with Gasteiger partial charge in [0.25, 0.3) is 0 Å². The van der Waals surface area contributed by atoms with Crippen molar-refractivity contribution in [1.29, 1.82) is 0 Å². The maximum Gasteiger partial charge on any atom is 0.226 e. The zero-order valence-corrected chi connectivity index (χ0v) is 17.0. The van der Waals surface area contributed by atoms with Crippen molar-refractivity contribution in [3.05, 3.63) is 53.0 Å². The number of hydrogen-bond acceptors (Lipinski definition) is 4. The van der Waals surface area contributed by atoms with Crippen LogP contribution in [0, 0.1) is 37.4 Å². The first kappa shape index (κ1) is 18.5. The van der Waals surface area contributed by atoms with E-state index >= 15 is 0 Å². The third-order valence-electron chi connectivity index (χ3n) is 7.22. The van der Waals surface area contributed by atoms with Gasteiger partial charge in [0.1, 0.15) is 5.82 Å². The summed E-state index contributed by atoms with van der Waals surface area (Å²) in [6, 6.07) is 6.74. The fourth-order valence-electron chi connectivity index (χ4n) is 5.27. The van der Waals surface area contributed by atoms with E-state index in [1.54, 1.807) is 18.3 Å². The molecule has 0 spiro atoms. The van der Waals surface area contributed by atoms with Gasteiger partial charge in [-0.05, 0) is 55.5 Å².